The molecule has 0 aliphatic rings. The van der Waals surface area contributed by atoms with E-state index in [9.17, 15) is 4.79 Å². The van der Waals surface area contributed by atoms with Gasteiger partial charge in [0.1, 0.15) is 5.69 Å². The van der Waals surface area contributed by atoms with Gasteiger partial charge in [-0.3, -0.25) is 9.78 Å². The van der Waals surface area contributed by atoms with Gasteiger partial charge in [0.25, 0.3) is 5.91 Å². The van der Waals surface area contributed by atoms with Crippen molar-refractivity contribution in [3.63, 3.8) is 0 Å². The van der Waals surface area contributed by atoms with Gasteiger partial charge in [-0.1, -0.05) is 12.1 Å². The standard InChI is InChI=1S/C14H16N4O/c1-10-7-17-13(8-16-10)14(19)18(2)9-11-3-5-12(15)6-4-11/h3-8H,9,15H2,1-2H3. The number of hydrogen-bond donors (Lipinski definition) is 1. The van der Waals surface area contributed by atoms with E-state index in [0.717, 1.165) is 11.3 Å². The number of benzene rings is 1. The Morgan fingerprint density at radius 3 is 2.47 bits per heavy atom. The van der Waals surface area contributed by atoms with Crippen molar-refractivity contribution in [1.29, 1.82) is 0 Å². The monoisotopic (exact) mass is 256 g/mol. The Morgan fingerprint density at radius 1 is 1.21 bits per heavy atom. The summed E-state index contributed by atoms with van der Waals surface area (Å²) in [6.45, 7) is 2.34. The highest BCUT2D eigenvalue weighted by molar-refractivity contribution is 5.91. The molecular formula is C14H16N4O. The summed E-state index contributed by atoms with van der Waals surface area (Å²) >= 11 is 0. The van der Waals surface area contributed by atoms with Crippen LogP contribution in [0.3, 0.4) is 0 Å². The summed E-state index contributed by atoms with van der Waals surface area (Å²) < 4.78 is 0. The minimum absolute atomic E-state index is 0.149. The van der Waals surface area contributed by atoms with E-state index >= 15 is 0 Å². The van der Waals surface area contributed by atoms with Crippen molar-refractivity contribution in [2.75, 3.05) is 12.8 Å². The van der Waals surface area contributed by atoms with Gasteiger partial charge >= 0.3 is 0 Å². The number of anilines is 1. The van der Waals surface area contributed by atoms with Gasteiger partial charge in [-0.2, -0.15) is 0 Å². The lowest BCUT2D eigenvalue weighted by Crippen LogP contribution is -2.27. The molecule has 1 amide bonds. The van der Waals surface area contributed by atoms with Gasteiger partial charge in [0.15, 0.2) is 0 Å². The number of rotatable bonds is 3. The smallest absolute Gasteiger partial charge is 0.274 e. The van der Waals surface area contributed by atoms with Crippen LogP contribution in [0.25, 0.3) is 0 Å². The average Bonchev–Trinajstić information content (AvgIpc) is 2.41. The van der Waals surface area contributed by atoms with Crippen LogP contribution < -0.4 is 5.73 Å². The summed E-state index contributed by atoms with van der Waals surface area (Å²) in [4.78, 5) is 21.9. The SMILES string of the molecule is Cc1cnc(C(=O)N(C)Cc2ccc(N)cc2)cn1. The Morgan fingerprint density at radius 2 is 1.89 bits per heavy atom. The molecule has 5 nitrogen and oxygen atoms in total. The van der Waals surface area contributed by atoms with E-state index in [1.54, 1.807) is 18.1 Å². The van der Waals surface area contributed by atoms with Crippen LogP contribution in [0.4, 0.5) is 5.69 Å². The first kappa shape index (κ1) is 13.0. The number of hydrogen-bond acceptors (Lipinski definition) is 4. The predicted molar refractivity (Wildman–Crippen MR) is 73.4 cm³/mol. The number of nitrogen functional groups attached to an aromatic ring is 1. The van der Waals surface area contributed by atoms with Gasteiger partial charge in [0.2, 0.25) is 0 Å². The zero-order valence-corrected chi connectivity index (χ0v) is 11.0. The number of nitrogens with two attached hydrogens (primary N) is 1. The average molecular weight is 256 g/mol. The first-order chi connectivity index (χ1) is 9.06. The number of carbonyl (C=O) groups is 1. The molecule has 5 heteroatoms. The topological polar surface area (TPSA) is 72.1 Å². The summed E-state index contributed by atoms with van der Waals surface area (Å²) in [6, 6.07) is 7.44. The molecule has 0 atom stereocenters. The molecule has 0 unspecified atom stereocenters. The van der Waals surface area contributed by atoms with E-state index in [-0.39, 0.29) is 5.91 Å². The Bertz CT molecular complexity index is 563. The molecule has 0 saturated carbocycles. The lowest BCUT2D eigenvalue weighted by molar-refractivity contribution is 0.0779. The van der Waals surface area contributed by atoms with E-state index in [1.807, 2.05) is 31.2 Å². The van der Waals surface area contributed by atoms with Crippen LogP contribution >= 0.6 is 0 Å². The molecule has 1 aromatic heterocycles. The van der Waals surface area contributed by atoms with Gasteiger partial charge in [-0.05, 0) is 24.6 Å². The highest BCUT2D eigenvalue weighted by atomic mass is 16.2. The lowest BCUT2D eigenvalue weighted by atomic mass is 10.2. The van der Waals surface area contributed by atoms with E-state index in [2.05, 4.69) is 9.97 Å². The number of carbonyl (C=O) groups excluding carboxylic acids is 1. The molecule has 2 aromatic rings. The second-order valence-electron chi connectivity index (χ2n) is 4.45. The molecule has 0 fully saturated rings. The molecule has 0 aliphatic heterocycles. The van der Waals surface area contributed by atoms with Crippen LogP contribution in [-0.2, 0) is 6.54 Å². The normalized spacial score (nSPS) is 10.2. The maximum atomic E-state index is 12.1. The third kappa shape index (κ3) is 3.28. The molecule has 0 radical (unpaired) electrons. The molecule has 2 N–H and O–H groups in total. The molecule has 0 spiro atoms. The zero-order valence-electron chi connectivity index (χ0n) is 11.0. The number of aromatic nitrogens is 2. The molecule has 1 heterocycles. The second kappa shape index (κ2) is 5.48. The quantitative estimate of drug-likeness (QED) is 0.847. The molecule has 1 aromatic carbocycles. The van der Waals surface area contributed by atoms with Crippen molar-refractivity contribution < 1.29 is 4.79 Å². The van der Waals surface area contributed by atoms with Crippen molar-refractivity contribution >= 4 is 11.6 Å². The molecule has 98 valence electrons. The summed E-state index contributed by atoms with van der Waals surface area (Å²) in [5.41, 5.74) is 8.49. The maximum absolute atomic E-state index is 12.1. The fourth-order valence-electron chi connectivity index (χ4n) is 1.67. The van der Waals surface area contributed by atoms with Gasteiger partial charge in [0, 0.05) is 25.5 Å². The zero-order chi connectivity index (χ0) is 13.8. The number of nitrogens with zero attached hydrogens (tertiary/aromatic N) is 3. The van der Waals surface area contributed by atoms with Crippen molar-refractivity contribution in [1.82, 2.24) is 14.9 Å². The summed E-state index contributed by atoms with van der Waals surface area (Å²) in [5.74, 6) is -0.149. The molecule has 19 heavy (non-hydrogen) atoms. The first-order valence-electron chi connectivity index (χ1n) is 5.95. The minimum Gasteiger partial charge on any atom is -0.399 e. The first-order valence-corrected chi connectivity index (χ1v) is 5.95. The van der Waals surface area contributed by atoms with Crippen molar-refractivity contribution in [3.8, 4) is 0 Å². The van der Waals surface area contributed by atoms with Crippen molar-refractivity contribution in [2.24, 2.45) is 0 Å². The van der Waals surface area contributed by atoms with Crippen LogP contribution in [-0.4, -0.2) is 27.8 Å². The van der Waals surface area contributed by atoms with E-state index in [0.29, 0.717) is 17.9 Å². The molecule has 2 rings (SSSR count). The van der Waals surface area contributed by atoms with Crippen LogP contribution in [0.15, 0.2) is 36.7 Å². The fraction of sp³-hybridized carbons (Fsp3) is 0.214. The van der Waals surface area contributed by atoms with E-state index < -0.39 is 0 Å². The van der Waals surface area contributed by atoms with Crippen molar-refractivity contribution in [3.05, 3.63) is 53.6 Å². The fourth-order valence-corrected chi connectivity index (χ4v) is 1.67. The lowest BCUT2D eigenvalue weighted by Gasteiger charge is -2.16. The third-order valence-electron chi connectivity index (χ3n) is 2.75. The minimum atomic E-state index is -0.149. The van der Waals surface area contributed by atoms with Crippen molar-refractivity contribution in [2.45, 2.75) is 13.5 Å². The Labute approximate surface area is 112 Å². The maximum Gasteiger partial charge on any atom is 0.274 e. The highest BCUT2D eigenvalue weighted by Crippen LogP contribution is 2.09. The number of aryl methyl sites for hydroxylation is 1. The second-order valence-corrected chi connectivity index (χ2v) is 4.45. The predicted octanol–water partition coefficient (Wildman–Crippen LogP) is 1.64. The highest BCUT2D eigenvalue weighted by Gasteiger charge is 2.13. The number of amides is 1. The largest absolute Gasteiger partial charge is 0.399 e. The Hall–Kier alpha value is -2.43. The van der Waals surface area contributed by atoms with Crippen LogP contribution in [0.1, 0.15) is 21.7 Å². The van der Waals surface area contributed by atoms with Gasteiger partial charge in [0.05, 0.1) is 11.9 Å². The molecular weight excluding hydrogens is 240 g/mol. The van der Waals surface area contributed by atoms with E-state index in [4.69, 9.17) is 5.73 Å². The van der Waals surface area contributed by atoms with Crippen LogP contribution in [0.5, 0.6) is 0 Å². The summed E-state index contributed by atoms with van der Waals surface area (Å²) in [7, 11) is 1.74. The summed E-state index contributed by atoms with van der Waals surface area (Å²) in [5, 5.41) is 0. The molecule has 0 aliphatic carbocycles. The van der Waals surface area contributed by atoms with Gasteiger partial charge in [-0.15, -0.1) is 0 Å². The Kier molecular flexibility index (Phi) is 3.75. The summed E-state index contributed by atoms with van der Waals surface area (Å²) in [6.07, 6.45) is 3.08. The van der Waals surface area contributed by atoms with Crippen LogP contribution in [0, 0.1) is 6.92 Å². The van der Waals surface area contributed by atoms with E-state index in [1.165, 1.54) is 6.20 Å². The van der Waals surface area contributed by atoms with Crippen LogP contribution in [0.2, 0.25) is 0 Å². The third-order valence-corrected chi connectivity index (χ3v) is 2.75. The molecule has 0 saturated heterocycles. The van der Waals surface area contributed by atoms with Gasteiger partial charge in [-0.25, -0.2) is 4.98 Å². The Balaban J connectivity index is 2.07. The van der Waals surface area contributed by atoms with Gasteiger partial charge < -0.3 is 10.6 Å². The molecule has 0 bridgehead atoms.